The van der Waals surface area contributed by atoms with Gasteiger partial charge in [0.1, 0.15) is 0 Å². The SMILES string of the molecule is CC(C)C(Cl)C(C)c1cccc(Cl)c1. The molecule has 14 heavy (non-hydrogen) atoms. The molecule has 1 aromatic rings. The van der Waals surface area contributed by atoms with Gasteiger partial charge >= 0.3 is 0 Å². The molecule has 0 spiro atoms. The topological polar surface area (TPSA) is 0 Å². The van der Waals surface area contributed by atoms with Gasteiger partial charge in [-0.3, -0.25) is 0 Å². The molecule has 1 rings (SSSR count). The lowest BCUT2D eigenvalue weighted by Crippen LogP contribution is -2.16. The van der Waals surface area contributed by atoms with E-state index in [1.165, 1.54) is 5.56 Å². The minimum atomic E-state index is 0.161. The van der Waals surface area contributed by atoms with E-state index in [0.29, 0.717) is 11.8 Å². The Morgan fingerprint density at radius 3 is 2.29 bits per heavy atom. The van der Waals surface area contributed by atoms with Gasteiger partial charge < -0.3 is 0 Å². The Morgan fingerprint density at radius 1 is 1.14 bits per heavy atom. The zero-order valence-electron chi connectivity index (χ0n) is 8.80. The molecule has 2 unspecified atom stereocenters. The summed E-state index contributed by atoms with van der Waals surface area (Å²) in [5.41, 5.74) is 1.21. The van der Waals surface area contributed by atoms with Crippen LogP contribution in [-0.4, -0.2) is 5.38 Å². The van der Waals surface area contributed by atoms with Crippen LogP contribution in [0.2, 0.25) is 5.02 Å². The minimum Gasteiger partial charge on any atom is -0.122 e. The van der Waals surface area contributed by atoms with Crippen LogP contribution in [0, 0.1) is 5.92 Å². The van der Waals surface area contributed by atoms with Gasteiger partial charge in [0.15, 0.2) is 0 Å². The second-order valence-electron chi connectivity index (χ2n) is 4.03. The summed E-state index contributed by atoms with van der Waals surface area (Å²) in [5, 5.41) is 0.940. The van der Waals surface area contributed by atoms with Crippen molar-refractivity contribution in [2.45, 2.75) is 32.1 Å². The standard InChI is InChI=1S/C12H16Cl2/c1-8(2)12(14)9(3)10-5-4-6-11(13)7-10/h4-9,12H,1-3H3. The molecule has 0 N–H and O–H groups in total. The number of hydrogen-bond donors (Lipinski definition) is 0. The van der Waals surface area contributed by atoms with Crippen molar-refractivity contribution in [2.75, 3.05) is 0 Å². The minimum absolute atomic E-state index is 0.161. The smallest absolute Gasteiger partial charge is 0.0424 e. The summed E-state index contributed by atoms with van der Waals surface area (Å²) >= 11 is 12.2. The lowest BCUT2D eigenvalue weighted by atomic mass is 9.91. The normalized spacial score (nSPS) is 15.6. The molecular formula is C12H16Cl2. The number of alkyl halides is 1. The van der Waals surface area contributed by atoms with Gasteiger partial charge in [0.25, 0.3) is 0 Å². The van der Waals surface area contributed by atoms with Gasteiger partial charge in [0.2, 0.25) is 0 Å². The lowest BCUT2D eigenvalue weighted by molar-refractivity contribution is 0.534. The van der Waals surface area contributed by atoms with Crippen LogP contribution < -0.4 is 0 Å². The fourth-order valence-corrected chi connectivity index (χ4v) is 1.90. The largest absolute Gasteiger partial charge is 0.122 e. The maximum absolute atomic E-state index is 6.31. The maximum atomic E-state index is 6.31. The van der Waals surface area contributed by atoms with Gasteiger partial charge in [0, 0.05) is 10.4 Å². The molecule has 0 aliphatic carbocycles. The highest BCUT2D eigenvalue weighted by Crippen LogP contribution is 2.29. The second-order valence-corrected chi connectivity index (χ2v) is 4.97. The predicted octanol–water partition coefficient (Wildman–Crippen LogP) is 4.71. The van der Waals surface area contributed by atoms with E-state index in [2.05, 4.69) is 26.8 Å². The van der Waals surface area contributed by atoms with Crippen LogP contribution in [0.25, 0.3) is 0 Å². The number of rotatable bonds is 3. The molecule has 78 valence electrons. The Bertz CT molecular complexity index is 294. The average molecular weight is 231 g/mol. The predicted molar refractivity (Wildman–Crippen MR) is 64.3 cm³/mol. The highest BCUT2D eigenvalue weighted by atomic mass is 35.5. The van der Waals surface area contributed by atoms with Crippen LogP contribution in [0.1, 0.15) is 32.3 Å². The zero-order chi connectivity index (χ0) is 10.7. The fraction of sp³-hybridized carbons (Fsp3) is 0.500. The fourth-order valence-electron chi connectivity index (χ4n) is 1.55. The summed E-state index contributed by atoms with van der Waals surface area (Å²) in [6.45, 7) is 6.42. The summed E-state index contributed by atoms with van der Waals surface area (Å²) in [4.78, 5) is 0. The first-order valence-electron chi connectivity index (χ1n) is 4.92. The van der Waals surface area contributed by atoms with Crippen LogP contribution >= 0.6 is 23.2 Å². The van der Waals surface area contributed by atoms with E-state index in [1.807, 2.05) is 18.2 Å². The molecule has 0 aromatic heterocycles. The number of benzene rings is 1. The van der Waals surface area contributed by atoms with E-state index in [4.69, 9.17) is 23.2 Å². The van der Waals surface area contributed by atoms with E-state index >= 15 is 0 Å². The second kappa shape index (κ2) is 5.04. The van der Waals surface area contributed by atoms with Crippen molar-refractivity contribution < 1.29 is 0 Å². The molecule has 2 atom stereocenters. The Kier molecular flexibility index (Phi) is 4.28. The quantitative estimate of drug-likeness (QED) is 0.661. The van der Waals surface area contributed by atoms with E-state index < -0.39 is 0 Å². The van der Waals surface area contributed by atoms with E-state index in [0.717, 1.165) is 5.02 Å². The van der Waals surface area contributed by atoms with Crippen molar-refractivity contribution in [3.05, 3.63) is 34.9 Å². The number of halogens is 2. The molecular weight excluding hydrogens is 215 g/mol. The molecule has 1 aromatic carbocycles. The average Bonchev–Trinajstić information content (AvgIpc) is 2.15. The molecule has 0 radical (unpaired) electrons. The Balaban J connectivity index is 2.83. The Morgan fingerprint density at radius 2 is 1.79 bits per heavy atom. The zero-order valence-corrected chi connectivity index (χ0v) is 10.3. The van der Waals surface area contributed by atoms with E-state index in [-0.39, 0.29) is 5.38 Å². The first-order chi connectivity index (χ1) is 6.52. The van der Waals surface area contributed by atoms with E-state index in [9.17, 15) is 0 Å². The van der Waals surface area contributed by atoms with Crippen LogP contribution in [0.3, 0.4) is 0 Å². The summed E-state index contributed by atoms with van der Waals surface area (Å²) in [5.74, 6) is 0.820. The van der Waals surface area contributed by atoms with Crippen LogP contribution in [-0.2, 0) is 0 Å². The third kappa shape index (κ3) is 2.90. The van der Waals surface area contributed by atoms with Gasteiger partial charge in [-0.1, -0.05) is 44.5 Å². The molecule has 0 fully saturated rings. The highest BCUT2D eigenvalue weighted by molar-refractivity contribution is 6.30. The summed E-state index contributed by atoms with van der Waals surface area (Å²) in [6, 6.07) is 7.92. The van der Waals surface area contributed by atoms with Gasteiger partial charge in [-0.15, -0.1) is 11.6 Å². The first kappa shape index (κ1) is 11.9. The molecule has 0 nitrogen and oxygen atoms in total. The van der Waals surface area contributed by atoms with Crippen molar-refractivity contribution in [3.63, 3.8) is 0 Å². The van der Waals surface area contributed by atoms with Gasteiger partial charge in [0.05, 0.1) is 0 Å². The number of hydrogen-bond acceptors (Lipinski definition) is 0. The van der Waals surface area contributed by atoms with Crippen molar-refractivity contribution in [1.29, 1.82) is 0 Å². The highest BCUT2D eigenvalue weighted by Gasteiger charge is 2.19. The van der Waals surface area contributed by atoms with E-state index in [1.54, 1.807) is 0 Å². The Labute approximate surface area is 96.2 Å². The summed E-state index contributed by atoms with van der Waals surface area (Å²) in [6.07, 6.45) is 0. The van der Waals surface area contributed by atoms with Gasteiger partial charge in [-0.2, -0.15) is 0 Å². The van der Waals surface area contributed by atoms with Crippen molar-refractivity contribution in [2.24, 2.45) is 5.92 Å². The van der Waals surface area contributed by atoms with Crippen LogP contribution in [0.15, 0.2) is 24.3 Å². The van der Waals surface area contributed by atoms with Gasteiger partial charge in [-0.25, -0.2) is 0 Å². The van der Waals surface area contributed by atoms with Crippen molar-refractivity contribution in [3.8, 4) is 0 Å². The molecule has 0 heterocycles. The summed E-state index contributed by atoms with van der Waals surface area (Å²) in [7, 11) is 0. The molecule has 0 bridgehead atoms. The third-order valence-corrected chi connectivity index (χ3v) is 3.61. The molecule has 0 amide bonds. The Hall–Kier alpha value is -0.200. The third-order valence-electron chi connectivity index (χ3n) is 2.49. The molecule has 0 saturated heterocycles. The van der Waals surface area contributed by atoms with Crippen LogP contribution in [0.5, 0.6) is 0 Å². The van der Waals surface area contributed by atoms with Crippen molar-refractivity contribution in [1.82, 2.24) is 0 Å². The van der Waals surface area contributed by atoms with Gasteiger partial charge in [-0.05, 0) is 29.5 Å². The van der Waals surface area contributed by atoms with Crippen LogP contribution in [0.4, 0.5) is 0 Å². The molecule has 0 aliphatic heterocycles. The molecule has 2 heteroatoms. The maximum Gasteiger partial charge on any atom is 0.0424 e. The first-order valence-corrected chi connectivity index (χ1v) is 5.73. The van der Waals surface area contributed by atoms with Crippen molar-refractivity contribution >= 4 is 23.2 Å². The molecule has 0 aliphatic rings. The monoisotopic (exact) mass is 230 g/mol. The summed E-state index contributed by atoms with van der Waals surface area (Å²) < 4.78 is 0. The molecule has 0 saturated carbocycles. The lowest BCUT2D eigenvalue weighted by Gasteiger charge is -2.21.